The first-order valence-corrected chi connectivity index (χ1v) is 4.42. The fourth-order valence-electron chi connectivity index (χ4n) is 1.44. The van der Waals surface area contributed by atoms with Crippen molar-refractivity contribution in [2.45, 2.75) is 0 Å². The first-order chi connectivity index (χ1) is 7.63. The monoisotopic (exact) mass is 220 g/mol. The van der Waals surface area contributed by atoms with Gasteiger partial charge in [0.15, 0.2) is 0 Å². The summed E-state index contributed by atoms with van der Waals surface area (Å²) in [5.74, 6) is 0.507. The number of nitro groups is 1. The molecular formula is C9H8N4O3. The Bertz CT molecular complexity index is 486. The Kier molecular flexibility index (Phi) is 2.28. The summed E-state index contributed by atoms with van der Waals surface area (Å²) in [5, 5.41) is 25.3. The number of ether oxygens (including phenoxy) is 1. The molecule has 16 heavy (non-hydrogen) atoms. The van der Waals surface area contributed by atoms with Gasteiger partial charge in [0.25, 0.3) is 5.69 Å². The molecule has 2 rings (SSSR count). The van der Waals surface area contributed by atoms with E-state index in [9.17, 15) is 10.1 Å². The number of nitro benzene ring substituents is 1. The highest BCUT2D eigenvalue weighted by molar-refractivity contribution is 6.12. The number of nitrogens with zero attached hydrogens (tertiary/aromatic N) is 2. The maximum absolute atomic E-state index is 10.6. The molecule has 1 aromatic carbocycles. The summed E-state index contributed by atoms with van der Waals surface area (Å²) in [6, 6.07) is 4.08. The van der Waals surface area contributed by atoms with Crippen LogP contribution in [0.4, 0.5) is 11.4 Å². The van der Waals surface area contributed by atoms with Crippen LogP contribution in [0.3, 0.4) is 0 Å². The van der Waals surface area contributed by atoms with Gasteiger partial charge in [-0.1, -0.05) is 0 Å². The zero-order valence-corrected chi connectivity index (χ0v) is 8.14. The van der Waals surface area contributed by atoms with E-state index in [1.807, 2.05) is 0 Å². The normalized spacial score (nSPS) is 14.0. The summed E-state index contributed by atoms with van der Waals surface area (Å²) in [5.41, 5.74) is 0.254. The van der Waals surface area contributed by atoms with E-state index >= 15 is 0 Å². The van der Waals surface area contributed by atoms with Crippen LogP contribution in [0.5, 0.6) is 5.75 Å². The smallest absolute Gasteiger partial charge is 0.271 e. The van der Waals surface area contributed by atoms with Crippen molar-refractivity contribution in [1.29, 1.82) is 10.8 Å². The molecule has 0 unspecified atom stereocenters. The number of benzene rings is 1. The molecule has 0 bridgehead atoms. The molecule has 82 valence electrons. The van der Waals surface area contributed by atoms with E-state index in [1.165, 1.54) is 23.1 Å². The Hall–Kier alpha value is -2.44. The molecule has 0 fully saturated rings. The van der Waals surface area contributed by atoms with Crippen LogP contribution in [0.2, 0.25) is 0 Å². The van der Waals surface area contributed by atoms with Crippen LogP contribution in [0.1, 0.15) is 0 Å². The Labute approximate surface area is 90.4 Å². The van der Waals surface area contributed by atoms with E-state index in [4.69, 9.17) is 15.6 Å². The molecule has 1 heterocycles. The summed E-state index contributed by atoms with van der Waals surface area (Å²) in [6.45, 7) is 0.0557. The maximum atomic E-state index is 10.6. The fraction of sp³-hybridized carbons (Fsp3) is 0.111. The highest BCUT2D eigenvalue weighted by Gasteiger charge is 2.23. The minimum absolute atomic E-state index is 0.0557. The minimum Gasteiger partial charge on any atom is -0.483 e. The summed E-state index contributed by atoms with van der Waals surface area (Å²) in [6.07, 6.45) is 0.938. The SMILES string of the molecule is N=CN1C(=N)COc2ccc([N+](=O)[O-])cc21. The fourth-order valence-corrected chi connectivity index (χ4v) is 1.44. The molecule has 0 atom stereocenters. The summed E-state index contributed by atoms with van der Waals surface area (Å²) < 4.78 is 5.21. The van der Waals surface area contributed by atoms with Crippen molar-refractivity contribution in [3.05, 3.63) is 28.3 Å². The van der Waals surface area contributed by atoms with E-state index < -0.39 is 4.92 Å². The third-order valence-electron chi connectivity index (χ3n) is 2.20. The van der Waals surface area contributed by atoms with Crippen LogP contribution in [-0.4, -0.2) is 23.7 Å². The number of non-ortho nitro benzene ring substituents is 1. The predicted molar refractivity (Wildman–Crippen MR) is 57.6 cm³/mol. The van der Waals surface area contributed by atoms with Gasteiger partial charge in [-0.2, -0.15) is 0 Å². The van der Waals surface area contributed by atoms with Gasteiger partial charge in [0, 0.05) is 12.1 Å². The lowest BCUT2D eigenvalue weighted by Gasteiger charge is -2.27. The first-order valence-electron chi connectivity index (χ1n) is 4.42. The van der Waals surface area contributed by atoms with Crippen molar-refractivity contribution < 1.29 is 9.66 Å². The zero-order chi connectivity index (χ0) is 11.7. The number of rotatable bonds is 2. The van der Waals surface area contributed by atoms with Crippen molar-refractivity contribution in [3.8, 4) is 5.75 Å². The molecule has 0 radical (unpaired) electrons. The third kappa shape index (κ3) is 1.48. The third-order valence-corrected chi connectivity index (χ3v) is 2.20. The molecule has 0 aromatic heterocycles. The number of anilines is 1. The van der Waals surface area contributed by atoms with Gasteiger partial charge in [-0.25, -0.2) is 0 Å². The van der Waals surface area contributed by atoms with Gasteiger partial charge >= 0.3 is 0 Å². The number of amidine groups is 1. The number of hydrogen-bond donors (Lipinski definition) is 2. The van der Waals surface area contributed by atoms with Crippen LogP contribution in [0, 0.1) is 20.9 Å². The largest absolute Gasteiger partial charge is 0.483 e. The molecule has 1 aliphatic heterocycles. The quantitative estimate of drug-likeness (QED) is 0.340. The van der Waals surface area contributed by atoms with Crippen LogP contribution < -0.4 is 9.64 Å². The summed E-state index contributed by atoms with van der Waals surface area (Å²) >= 11 is 0. The van der Waals surface area contributed by atoms with Crippen LogP contribution >= 0.6 is 0 Å². The molecular weight excluding hydrogens is 212 g/mol. The van der Waals surface area contributed by atoms with E-state index in [1.54, 1.807) is 0 Å². The average Bonchev–Trinajstić information content (AvgIpc) is 2.28. The van der Waals surface area contributed by atoms with Crippen molar-refractivity contribution in [2.24, 2.45) is 0 Å². The van der Waals surface area contributed by atoms with Gasteiger partial charge in [-0.05, 0) is 6.07 Å². The molecule has 0 amide bonds. The Morgan fingerprint density at radius 1 is 1.56 bits per heavy atom. The van der Waals surface area contributed by atoms with Gasteiger partial charge in [0.05, 0.1) is 16.9 Å². The van der Waals surface area contributed by atoms with E-state index in [0.29, 0.717) is 11.4 Å². The summed E-state index contributed by atoms with van der Waals surface area (Å²) in [7, 11) is 0. The number of nitrogens with one attached hydrogen (secondary N) is 2. The van der Waals surface area contributed by atoms with Crippen LogP contribution in [0.25, 0.3) is 0 Å². The molecule has 0 saturated carbocycles. The Morgan fingerprint density at radius 3 is 2.94 bits per heavy atom. The van der Waals surface area contributed by atoms with Gasteiger partial charge in [-0.15, -0.1) is 0 Å². The zero-order valence-electron chi connectivity index (χ0n) is 8.14. The number of fused-ring (bicyclic) bond motifs is 1. The Balaban J connectivity index is 2.54. The van der Waals surface area contributed by atoms with Gasteiger partial charge in [-0.3, -0.25) is 25.8 Å². The lowest BCUT2D eigenvalue weighted by molar-refractivity contribution is -0.384. The second-order valence-electron chi connectivity index (χ2n) is 3.14. The molecule has 7 nitrogen and oxygen atoms in total. The lowest BCUT2D eigenvalue weighted by Crippen LogP contribution is -2.36. The molecule has 0 aliphatic carbocycles. The molecule has 1 aromatic rings. The second-order valence-corrected chi connectivity index (χ2v) is 3.14. The van der Waals surface area contributed by atoms with E-state index in [-0.39, 0.29) is 18.1 Å². The lowest BCUT2D eigenvalue weighted by atomic mass is 10.2. The molecule has 1 aliphatic rings. The van der Waals surface area contributed by atoms with Crippen LogP contribution in [0.15, 0.2) is 18.2 Å². The van der Waals surface area contributed by atoms with Gasteiger partial charge in [0.2, 0.25) is 0 Å². The van der Waals surface area contributed by atoms with Crippen molar-refractivity contribution >= 4 is 23.5 Å². The minimum atomic E-state index is -0.527. The standard InChI is InChI=1S/C9H8N4O3/c10-5-12-7-3-6(13(14)15)1-2-8(7)16-4-9(12)11/h1-3,5,10-11H,4H2. The second kappa shape index (κ2) is 3.61. The first kappa shape index (κ1) is 10.1. The van der Waals surface area contributed by atoms with Crippen molar-refractivity contribution in [1.82, 2.24) is 0 Å². The van der Waals surface area contributed by atoms with Crippen LogP contribution in [-0.2, 0) is 0 Å². The van der Waals surface area contributed by atoms with Crippen molar-refractivity contribution in [2.75, 3.05) is 11.5 Å². The van der Waals surface area contributed by atoms with Gasteiger partial charge in [0.1, 0.15) is 18.2 Å². The highest BCUT2D eigenvalue weighted by atomic mass is 16.6. The number of hydrogen-bond acceptors (Lipinski definition) is 5. The Morgan fingerprint density at radius 2 is 2.31 bits per heavy atom. The van der Waals surface area contributed by atoms with E-state index in [2.05, 4.69) is 0 Å². The topological polar surface area (TPSA) is 103 Å². The highest BCUT2D eigenvalue weighted by Crippen LogP contribution is 2.34. The molecule has 0 spiro atoms. The molecule has 7 heteroatoms. The van der Waals surface area contributed by atoms with Crippen molar-refractivity contribution in [3.63, 3.8) is 0 Å². The predicted octanol–water partition coefficient (Wildman–Crippen LogP) is 1.38. The molecule has 2 N–H and O–H groups in total. The average molecular weight is 220 g/mol. The summed E-state index contributed by atoms with van der Waals surface area (Å²) in [4.78, 5) is 11.3. The van der Waals surface area contributed by atoms with E-state index in [0.717, 1.165) is 6.34 Å². The molecule has 0 saturated heterocycles. The van der Waals surface area contributed by atoms with Gasteiger partial charge < -0.3 is 4.74 Å². The maximum Gasteiger partial charge on any atom is 0.271 e.